The molecule has 1 saturated heterocycles. The zero-order chi connectivity index (χ0) is 14.5. The van der Waals surface area contributed by atoms with Gasteiger partial charge in [-0.15, -0.1) is 0 Å². The summed E-state index contributed by atoms with van der Waals surface area (Å²) in [6.07, 6.45) is 3.65. The van der Waals surface area contributed by atoms with Gasteiger partial charge in [0.2, 0.25) is 0 Å². The monoisotopic (exact) mass is 278 g/mol. The maximum atomic E-state index is 13.6. The third-order valence-corrected chi connectivity index (χ3v) is 4.45. The second kappa shape index (κ2) is 7.19. The van der Waals surface area contributed by atoms with Crippen molar-refractivity contribution in [2.24, 2.45) is 0 Å². The van der Waals surface area contributed by atoms with E-state index in [1.54, 1.807) is 6.07 Å². The van der Waals surface area contributed by atoms with Gasteiger partial charge < -0.3 is 10.2 Å². The molecule has 1 fully saturated rings. The van der Waals surface area contributed by atoms with Crippen LogP contribution in [0.1, 0.15) is 50.3 Å². The molecule has 1 aliphatic heterocycles. The van der Waals surface area contributed by atoms with Crippen molar-refractivity contribution < 1.29 is 4.39 Å². The molecule has 0 amide bonds. The Labute approximate surface area is 122 Å². The number of benzene rings is 1. The van der Waals surface area contributed by atoms with Crippen molar-refractivity contribution in [3.05, 3.63) is 35.1 Å². The van der Waals surface area contributed by atoms with Gasteiger partial charge in [0, 0.05) is 12.1 Å². The van der Waals surface area contributed by atoms with Gasteiger partial charge in [-0.2, -0.15) is 0 Å². The molecule has 0 saturated carbocycles. The van der Waals surface area contributed by atoms with E-state index in [2.05, 4.69) is 24.1 Å². The average Bonchev–Trinajstić information content (AvgIpc) is 2.67. The van der Waals surface area contributed by atoms with Gasteiger partial charge in [-0.05, 0) is 69.9 Å². The normalized spacial score (nSPS) is 22.5. The van der Waals surface area contributed by atoms with Crippen LogP contribution in [0.3, 0.4) is 0 Å². The van der Waals surface area contributed by atoms with E-state index in [0.29, 0.717) is 11.6 Å². The number of nitrogens with zero attached hydrogens (tertiary/aromatic N) is 1. The summed E-state index contributed by atoms with van der Waals surface area (Å²) < 4.78 is 13.6. The van der Waals surface area contributed by atoms with Crippen LogP contribution < -0.4 is 5.32 Å². The quantitative estimate of drug-likeness (QED) is 0.904. The summed E-state index contributed by atoms with van der Waals surface area (Å²) in [6, 6.07) is 6.33. The molecule has 1 aliphatic rings. The number of nitrogens with one attached hydrogen (secondary N) is 1. The third-order valence-electron chi connectivity index (χ3n) is 4.45. The molecule has 0 spiro atoms. The second-order valence-corrected chi connectivity index (χ2v) is 5.96. The first-order chi connectivity index (χ1) is 9.60. The standard InChI is InChI=1S/C17H27FN2/c1-4-20-10-5-6-16(9-11-20)19-14(3)15-8-7-13(2)17(18)12-15/h7-8,12,14,16,19H,4-6,9-11H2,1-3H3. The van der Waals surface area contributed by atoms with Crippen LogP contribution >= 0.6 is 0 Å². The van der Waals surface area contributed by atoms with Gasteiger partial charge >= 0.3 is 0 Å². The largest absolute Gasteiger partial charge is 0.307 e. The molecule has 20 heavy (non-hydrogen) atoms. The number of aryl methyl sites for hydroxylation is 1. The molecular formula is C17H27FN2. The lowest BCUT2D eigenvalue weighted by Crippen LogP contribution is -2.33. The minimum absolute atomic E-state index is 0.103. The lowest BCUT2D eigenvalue weighted by atomic mass is 10.0. The topological polar surface area (TPSA) is 15.3 Å². The molecule has 2 unspecified atom stereocenters. The van der Waals surface area contributed by atoms with Crippen LogP contribution in [0.5, 0.6) is 0 Å². The van der Waals surface area contributed by atoms with Gasteiger partial charge in [0.1, 0.15) is 5.82 Å². The van der Waals surface area contributed by atoms with Gasteiger partial charge in [-0.1, -0.05) is 19.1 Å². The predicted molar refractivity (Wildman–Crippen MR) is 82.4 cm³/mol. The summed E-state index contributed by atoms with van der Waals surface area (Å²) in [5, 5.41) is 3.67. The van der Waals surface area contributed by atoms with Crippen molar-refractivity contribution in [2.45, 2.75) is 52.1 Å². The molecule has 2 atom stereocenters. The Kier molecular flexibility index (Phi) is 5.55. The van der Waals surface area contributed by atoms with Crippen molar-refractivity contribution in [1.29, 1.82) is 0 Å². The summed E-state index contributed by atoms with van der Waals surface area (Å²) in [5.74, 6) is -0.103. The van der Waals surface area contributed by atoms with E-state index < -0.39 is 0 Å². The Balaban J connectivity index is 1.93. The highest BCUT2D eigenvalue weighted by molar-refractivity contribution is 5.25. The Morgan fingerprint density at radius 2 is 2.15 bits per heavy atom. The molecule has 1 N–H and O–H groups in total. The summed E-state index contributed by atoms with van der Waals surface area (Å²) in [7, 11) is 0. The molecule has 3 heteroatoms. The maximum absolute atomic E-state index is 13.6. The van der Waals surface area contributed by atoms with Crippen molar-refractivity contribution in [2.75, 3.05) is 19.6 Å². The van der Waals surface area contributed by atoms with E-state index >= 15 is 0 Å². The van der Waals surface area contributed by atoms with Gasteiger partial charge in [0.15, 0.2) is 0 Å². The first-order valence-electron chi connectivity index (χ1n) is 7.84. The summed E-state index contributed by atoms with van der Waals surface area (Å²) in [4.78, 5) is 2.51. The minimum Gasteiger partial charge on any atom is -0.307 e. The summed E-state index contributed by atoms with van der Waals surface area (Å²) in [6.45, 7) is 9.69. The van der Waals surface area contributed by atoms with Crippen molar-refractivity contribution in [3.8, 4) is 0 Å². The number of hydrogen-bond donors (Lipinski definition) is 1. The molecule has 0 aromatic heterocycles. The van der Waals surface area contributed by atoms with Crippen molar-refractivity contribution >= 4 is 0 Å². The van der Waals surface area contributed by atoms with Crippen molar-refractivity contribution in [3.63, 3.8) is 0 Å². The SMILES string of the molecule is CCN1CCCC(NC(C)c2ccc(C)c(F)c2)CC1. The lowest BCUT2D eigenvalue weighted by molar-refractivity contribution is 0.295. The molecule has 0 radical (unpaired) electrons. The molecule has 0 aliphatic carbocycles. The van der Waals surface area contributed by atoms with Crippen LogP contribution in [0.2, 0.25) is 0 Å². The number of halogens is 1. The Morgan fingerprint density at radius 3 is 2.85 bits per heavy atom. The lowest BCUT2D eigenvalue weighted by Gasteiger charge is -2.23. The zero-order valence-electron chi connectivity index (χ0n) is 13.0. The Bertz CT molecular complexity index is 433. The molecule has 1 aromatic rings. The fraction of sp³-hybridized carbons (Fsp3) is 0.647. The van der Waals surface area contributed by atoms with Crippen LogP contribution in [0.15, 0.2) is 18.2 Å². The smallest absolute Gasteiger partial charge is 0.126 e. The number of hydrogen-bond acceptors (Lipinski definition) is 2. The maximum Gasteiger partial charge on any atom is 0.126 e. The minimum atomic E-state index is -0.103. The molecular weight excluding hydrogens is 251 g/mol. The summed E-state index contributed by atoms with van der Waals surface area (Å²) >= 11 is 0. The molecule has 112 valence electrons. The second-order valence-electron chi connectivity index (χ2n) is 5.96. The molecule has 1 aromatic carbocycles. The average molecular weight is 278 g/mol. The third kappa shape index (κ3) is 4.03. The number of rotatable bonds is 4. The van der Waals surface area contributed by atoms with Crippen molar-refractivity contribution in [1.82, 2.24) is 10.2 Å². The Hall–Kier alpha value is -0.930. The zero-order valence-corrected chi connectivity index (χ0v) is 13.0. The van der Waals surface area contributed by atoms with Gasteiger partial charge in [0.25, 0.3) is 0 Å². The van der Waals surface area contributed by atoms with E-state index in [4.69, 9.17) is 0 Å². The first kappa shape index (κ1) is 15.5. The highest BCUT2D eigenvalue weighted by atomic mass is 19.1. The Morgan fingerprint density at radius 1 is 1.35 bits per heavy atom. The fourth-order valence-corrected chi connectivity index (χ4v) is 2.97. The van der Waals surface area contributed by atoms with E-state index in [1.165, 1.54) is 32.4 Å². The van der Waals surface area contributed by atoms with Crippen LogP contribution in [0.25, 0.3) is 0 Å². The van der Waals surface area contributed by atoms with Crippen LogP contribution in [-0.4, -0.2) is 30.6 Å². The first-order valence-corrected chi connectivity index (χ1v) is 7.84. The highest BCUT2D eigenvalue weighted by Crippen LogP contribution is 2.19. The summed E-state index contributed by atoms with van der Waals surface area (Å²) in [5.41, 5.74) is 1.76. The predicted octanol–water partition coefficient (Wildman–Crippen LogP) is 3.66. The van der Waals surface area contributed by atoms with E-state index in [-0.39, 0.29) is 11.9 Å². The van der Waals surface area contributed by atoms with Crippen LogP contribution in [-0.2, 0) is 0 Å². The molecule has 0 bridgehead atoms. The van der Waals surface area contributed by atoms with E-state index in [0.717, 1.165) is 12.1 Å². The van der Waals surface area contributed by atoms with Gasteiger partial charge in [-0.3, -0.25) is 0 Å². The molecule has 1 heterocycles. The van der Waals surface area contributed by atoms with E-state index in [1.807, 2.05) is 19.1 Å². The highest BCUT2D eigenvalue weighted by Gasteiger charge is 2.18. The van der Waals surface area contributed by atoms with Gasteiger partial charge in [0.05, 0.1) is 0 Å². The van der Waals surface area contributed by atoms with Gasteiger partial charge in [-0.25, -0.2) is 4.39 Å². The molecule has 2 rings (SSSR count). The van der Waals surface area contributed by atoms with Crippen LogP contribution in [0.4, 0.5) is 4.39 Å². The van der Waals surface area contributed by atoms with Crippen LogP contribution in [0, 0.1) is 12.7 Å². The van der Waals surface area contributed by atoms with E-state index in [9.17, 15) is 4.39 Å². The fourth-order valence-electron chi connectivity index (χ4n) is 2.97. The molecule has 2 nitrogen and oxygen atoms in total. The number of likely N-dealkylation sites (tertiary alicyclic amines) is 1.